The zero-order chi connectivity index (χ0) is 21.1. The Bertz CT molecular complexity index is 903. The van der Waals surface area contributed by atoms with Gasteiger partial charge in [0.05, 0.1) is 5.52 Å². The summed E-state index contributed by atoms with van der Waals surface area (Å²) in [6.07, 6.45) is 8.32. The van der Waals surface area contributed by atoms with Gasteiger partial charge in [0.2, 0.25) is 0 Å². The van der Waals surface area contributed by atoms with Gasteiger partial charge in [0.15, 0.2) is 0 Å². The van der Waals surface area contributed by atoms with Crippen LogP contribution in [0.2, 0.25) is 0 Å². The number of hydrogen-bond acceptors (Lipinski definition) is 1. The summed E-state index contributed by atoms with van der Waals surface area (Å²) in [7, 11) is 0. The fourth-order valence-electron chi connectivity index (χ4n) is 3.21. The maximum Gasteiger partial charge on any atom is 0.0535 e. The summed E-state index contributed by atoms with van der Waals surface area (Å²) >= 11 is 0. The van der Waals surface area contributed by atoms with Crippen LogP contribution >= 0.6 is 0 Å². The Morgan fingerprint density at radius 1 is 0.897 bits per heavy atom. The van der Waals surface area contributed by atoms with Crippen molar-refractivity contribution in [3.05, 3.63) is 85.1 Å². The maximum atomic E-state index is 4.23. The van der Waals surface area contributed by atoms with Crippen molar-refractivity contribution >= 4 is 16.6 Å². The highest BCUT2D eigenvalue weighted by Crippen LogP contribution is 2.28. The number of aromatic nitrogens is 1. The monoisotopic (exact) mass is 388 g/mol. The predicted octanol–water partition coefficient (Wildman–Crippen LogP) is 7.74. The Balaban J connectivity index is 0.000000370. The lowest BCUT2D eigenvalue weighted by atomic mass is 10.1. The molecular formula is C27H36N2. The van der Waals surface area contributed by atoms with E-state index in [0.717, 1.165) is 18.7 Å². The van der Waals surface area contributed by atoms with Gasteiger partial charge >= 0.3 is 0 Å². The Hall–Kier alpha value is -2.74. The summed E-state index contributed by atoms with van der Waals surface area (Å²) in [5.74, 6) is 0. The second-order valence-electron chi connectivity index (χ2n) is 7.59. The van der Waals surface area contributed by atoms with Crippen LogP contribution in [-0.4, -0.2) is 11.1 Å². The number of hydrogen-bond donors (Lipinski definition) is 1. The third-order valence-corrected chi connectivity index (χ3v) is 4.90. The van der Waals surface area contributed by atoms with Crippen LogP contribution in [-0.2, 0) is 0 Å². The lowest BCUT2D eigenvalue weighted by Gasteiger charge is -2.07. The van der Waals surface area contributed by atoms with Crippen molar-refractivity contribution in [2.75, 3.05) is 6.54 Å². The molecule has 0 bridgehead atoms. The first-order chi connectivity index (χ1) is 14.1. The highest BCUT2D eigenvalue weighted by molar-refractivity contribution is 5.93. The van der Waals surface area contributed by atoms with Crippen LogP contribution in [0.1, 0.15) is 58.4 Å². The molecule has 0 unspecified atom stereocenters. The number of para-hydroxylation sites is 2. The predicted molar refractivity (Wildman–Crippen MR) is 130 cm³/mol. The zero-order valence-corrected chi connectivity index (χ0v) is 18.4. The van der Waals surface area contributed by atoms with E-state index in [0.29, 0.717) is 0 Å². The van der Waals surface area contributed by atoms with Gasteiger partial charge in [-0.25, -0.2) is 0 Å². The summed E-state index contributed by atoms with van der Waals surface area (Å²) < 4.78 is 2.23. The summed E-state index contributed by atoms with van der Waals surface area (Å²) in [6.45, 7) is 15.5. The lowest BCUT2D eigenvalue weighted by Crippen LogP contribution is -2.12. The zero-order valence-electron chi connectivity index (χ0n) is 18.4. The van der Waals surface area contributed by atoms with E-state index in [2.05, 4.69) is 98.5 Å². The van der Waals surface area contributed by atoms with Crippen LogP contribution in [0, 0.1) is 0 Å². The molecule has 1 N–H and O–H groups in total. The normalized spacial score (nSPS) is 10.3. The smallest absolute Gasteiger partial charge is 0.0535 e. The van der Waals surface area contributed by atoms with Crippen molar-refractivity contribution in [3.63, 3.8) is 0 Å². The van der Waals surface area contributed by atoms with Gasteiger partial charge in [-0.05, 0) is 44.4 Å². The lowest BCUT2D eigenvalue weighted by molar-refractivity contribution is 0.745. The van der Waals surface area contributed by atoms with Gasteiger partial charge in [-0.1, -0.05) is 75.2 Å². The van der Waals surface area contributed by atoms with Crippen molar-refractivity contribution in [2.24, 2.45) is 0 Å². The number of rotatable bonds is 9. The first-order valence-corrected chi connectivity index (χ1v) is 10.8. The van der Waals surface area contributed by atoms with Crippen molar-refractivity contribution in [1.29, 1.82) is 0 Å². The molecule has 0 atom stereocenters. The van der Waals surface area contributed by atoms with Crippen LogP contribution in [0.15, 0.2) is 79.5 Å². The minimum atomic E-state index is 0.972. The first-order valence-electron chi connectivity index (χ1n) is 10.8. The summed E-state index contributed by atoms with van der Waals surface area (Å²) in [5.41, 5.74) is 5.87. The number of fused-ring (bicyclic) bond motifs is 1. The van der Waals surface area contributed by atoms with E-state index in [1.54, 1.807) is 0 Å². The van der Waals surface area contributed by atoms with Crippen LogP contribution in [0.25, 0.3) is 22.3 Å². The average molecular weight is 389 g/mol. The van der Waals surface area contributed by atoms with Crippen molar-refractivity contribution in [1.82, 2.24) is 9.88 Å². The molecule has 3 rings (SSSR count). The molecule has 2 aromatic carbocycles. The molecular weight excluding hydrogens is 352 g/mol. The van der Waals surface area contributed by atoms with E-state index in [1.807, 2.05) is 6.07 Å². The van der Waals surface area contributed by atoms with Gasteiger partial charge in [0, 0.05) is 35.1 Å². The fourth-order valence-corrected chi connectivity index (χ4v) is 3.21. The average Bonchev–Trinajstić information content (AvgIpc) is 3.13. The molecule has 0 aliphatic carbocycles. The number of benzene rings is 2. The van der Waals surface area contributed by atoms with Crippen LogP contribution in [0.4, 0.5) is 0 Å². The fraction of sp³-hybridized carbons (Fsp3) is 0.333. The third kappa shape index (κ3) is 6.67. The van der Waals surface area contributed by atoms with Gasteiger partial charge in [-0.2, -0.15) is 0 Å². The van der Waals surface area contributed by atoms with E-state index >= 15 is 0 Å². The minimum absolute atomic E-state index is 0.972. The summed E-state index contributed by atoms with van der Waals surface area (Å²) in [4.78, 5) is 0. The number of unbranched alkanes of at least 4 members (excludes halogenated alkanes) is 2. The van der Waals surface area contributed by atoms with Gasteiger partial charge in [0.1, 0.15) is 0 Å². The van der Waals surface area contributed by atoms with Crippen molar-refractivity contribution < 1.29 is 0 Å². The summed E-state index contributed by atoms with van der Waals surface area (Å²) in [6, 6.07) is 18.9. The standard InChI is InChI=1S/C20H22N2.C7H14/c1-3-4-14-21-16(2)19-15-22(17-10-6-5-7-11-17)20-13-9-8-12-18(19)20;1-4-5-6-7(2)3/h5-13,15,21H,2-4,14H2,1H3;2,4-6H2,1,3H3. The molecule has 0 fully saturated rings. The molecule has 1 heterocycles. The number of nitrogens with zero attached hydrogens (tertiary/aromatic N) is 1. The maximum absolute atomic E-state index is 4.23. The number of allylic oxidation sites excluding steroid dienone is 1. The van der Waals surface area contributed by atoms with Gasteiger partial charge in [-0.15, -0.1) is 6.58 Å². The molecule has 0 amide bonds. The molecule has 2 heteroatoms. The van der Waals surface area contributed by atoms with Gasteiger partial charge < -0.3 is 9.88 Å². The summed E-state index contributed by atoms with van der Waals surface area (Å²) in [5, 5.41) is 4.69. The Morgan fingerprint density at radius 3 is 2.17 bits per heavy atom. The molecule has 0 saturated carbocycles. The molecule has 0 saturated heterocycles. The van der Waals surface area contributed by atoms with Gasteiger partial charge in [0.25, 0.3) is 0 Å². The molecule has 3 aromatic rings. The van der Waals surface area contributed by atoms with E-state index in [9.17, 15) is 0 Å². The minimum Gasteiger partial charge on any atom is -0.385 e. The number of nitrogens with one attached hydrogen (secondary N) is 1. The second-order valence-corrected chi connectivity index (χ2v) is 7.59. The highest BCUT2D eigenvalue weighted by Gasteiger charge is 2.11. The van der Waals surface area contributed by atoms with Crippen molar-refractivity contribution in [2.45, 2.75) is 52.9 Å². The molecule has 0 radical (unpaired) electrons. The molecule has 29 heavy (non-hydrogen) atoms. The molecule has 0 spiro atoms. The SMILES string of the molecule is C=C(C)CCCC.C=C(NCCCC)c1cn(-c2ccccc2)c2ccccc12. The van der Waals surface area contributed by atoms with Crippen LogP contribution in [0.5, 0.6) is 0 Å². The van der Waals surface area contributed by atoms with E-state index in [1.165, 1.54) is 53.4 Å². The molecule has 154 valence electrons. The largest absolute Gasteiger partial charge is 0.385 e. The quantitative estimate of drug-likeness (QED) is 0.293. The second kappa shape index (κ2) is 12.0. The first kappa shape index (κ1) is 22.5. The third-order valence-electron chi connectivity index (χ3n) is 4.90. The Morgan fingerprint density at radius 2 is 1.55 bits per heavy atom. The van der Waals surface area contributed by atoms with Crippen LogP contribution < -0.4 is 5.32 Å². The van der Waals surface area contributed by atoms with Crippen molar-refractivity contribution in [3.8, 4) is 5.69 Å². The molecule has 0 aliphatic heterocycles. The molecule has 1 aromatic heterocycles. The van der Waals surface area contributed by atoms with E-state index in [-0.39, 0.29) is 0 Å². The van der Waals surface area contributed by atoms with Crippen LogP contribution in [0.3, 0.4) is 0 Å². The van der Waals surface area contributed by atoms with Gasteiger partial charge in [-0.3, -0.25) is 0 Å². The van der Waals surface area contributed by atoms with E-state index in [4.69, 9.17) is 0 Å². The van der Waals surface area contributed by atoms with E-state index < -0.39 is 0 Å². The molecule has 2 nitrogen and oxygen atoms in total. The molecule has 0 aliphatic rings. The topological polar surface area (TPSA) is 17.0 Å². The Labute approximate surface area is 177 Å². The Kier molecular flexibility index (Phi) is 9.30. The highest BCUT2D eigenvalue weighted by atomic mass is 15.0.